The number of rotatable bonds is 4. The van der Waals surface area contributed by atoms with E-state index in [1.165, 1.54) is 6.07 Å². The van der Waals surface area contributed by atoms with Gasteiger partial charge in [0.1, 0.15) is 4.90 Å². The minimum absolute atomic E-state index is 0. The Labute approximate surface area is 167 Å². The van der Waals surface area contributed by atoms with Crippen molar-refractivity contribution in [3.05, 3.63) is 84.9 Å². The van der Waals surface area contributed by atoms with Crippen molar-refractivity contribution in [2.45, 2.75) is 4.90 Å². The van der Waals surface area contributed by atoms with Crippen LogP contribution >= 0.6 is 7.92 Å². The van der Waals surface area contributed by atoms with E-state index < -0.39 is 18.0 Å². The molecule has 0 aliphatic heterocycles. The van der Waals surface area contributed by atoms with E-state index in [1.807, 2.05) is 60.7 Å². The van der Waals surface area contributed by atoms with E-state index in [9.17, 15) is 13.0 Å². The van der Waals surface area contributed by atoms with Gasteiger partial charge in [0.25, 0.3) is 10.1 Å². The minimum atomic E-state index is -4.28. The van der Waals surface area contributed by atoms with E-state index >= 15 is 0 Å². The van der Waals surface area contributed by atoms with Crippen molar-refractivity contribution in [3.8, 4) is 0 Å². The molecule has 24 heavy (non-hydrogen) atoms. The number of hydrogen-bond acceptors (Lipinski definition) is 2. The molecule has 0 unspecified atom stereocenters. The van der Waals surface area contributed by atoms with Crippen LogP contribution in [0.1, 0.15) is 1.43 Å². The van der Waals surface area contributed by atoms with E-state index in [1.54, 1.807) is 18.2 Å². The van der Waals surface area contributed by atoms with Crippen molar-refractivity contribution in [3.63, 3.8) is 0 Å². The third-order valence-electron chi connectivity index (χ3n) is 3.41. The van der Waals surface area contributed by atoms with Crippen LogP contribution in [0.5, 0.6) is 0 Å². The summed E-state index contributed by atoms with van der Waals surface area (Å²) in [6.45, 7) is 0. The van der Waals surface area contributed by atoms with Gasteiger partial charge in [0, 0.05) is 5.30 Å². The maximum absolute atomic E-state index is 11.8. The van der Waals surface area contributed by atoms with Crippen LogP contribution in [-0.4, -0.2) is 13.0 Å². The molecule has 0 bridgehead atoms. The molecule has 0 heterocycles. The molecule has 0 aromatic heterocycles. The van der Waals surface area contributed by atoms with Gasteiger partial charge in [-0.25, -0.2) is 0 Å². The number of hydrogen-bond donors (Lipinski definition) is 1. The molecule has 0 saturated carbocycles. The van der Waals surface area contributed by atoms with Gasteiger partial charge in [0.2, 0.25) is 0 Å². The van der Waals surface area contributed by atoms with E-state index in [0.717, 1.165) is 10.6 Å². The maximum Gasteiger partial charge on any atom is 1.00 e. The fraction of sp³-hybridized carbons (Fsp3) is 0. The minimum Gasteiger partial charge on any atom is -1.00 e. The fourth-order valence-electron chi connectivity index (χ4n) is 2.44. The fourth-order valence-corrected chi connectivity index (χ4v) is 5.97. The van der Waals surface area contributed by atoms with Crippen molar-refractivity contribution in [2.75, 3.05) is 0 Å². The van der Waals surface area contributed by atoms with E-state index in [2.05, 4.69) is 0 Å². The third kappa shape index (κ3) is 4.34. The smallest absolute Gasteiger partial charge is 1.00 e. The summed E-state index contributed by atoms with van der Waals surface area (Å²) < 4.78 is 33.2. The Morgan fingerprint density at radius 1 is 0.708 bits per heavy atom. The van der Waals surface area contributed by atoms with Gasteiger partial charge >= 0.3 is 29.6 Å². The van der Waals surface area contributed by atoms with Gasteiger partial charge in [-0.3, -0.25) is 4.55 Å². The third-order valence-corrected chi connectivity index (χ3v) is 6.98. The van der Waals surface area contributed by atoms with Crippen LogP contribution < -0.4 is 45.5 Å². The molecule has 0 aliphatic carbocycles. The SMILES string of the molecule is O=S(=O)(O)c1ccccc1P(c1ccccc1)c1ccccc1.[H-].[Na+]. The molecule has 3 nitrogen and oxygen atoms in total. The molecular formula is C18H16NaO3PS. The van der Waals surface area contributed by atoms with E-state index in [0.29, 0.717) is 5.30 Å². The van der Waals surface area contributed by atoms with Gasteiger partial charge in [-0.2, -0.15) is 8.42 Å². The molecule has 1 N–H and O–H groups in total. The van der Waals surface area contributed by atoms with Crippen molar-refractivity contribution in [2.24, 2.45) is 0 Å². The van der Waals surface area contributed by atoms with Gasteiger partial charge in [0.05, 0.1) is 0 Å². The second-order valence-corrected chi connectivity index (χ2v) is 8.52. The van der Waals surface area contributed by atoms with Gasteiger partial charge < -0.3 is 1.43 Å². The molecule has 0 amide bonds. The van der Waals surface area contributed by atoms with Crippen molar-refractivity contribution < 1.29 is 44.0 Å². The summed E-state index contributed by atoms with van der Waals surface area (Å²) in [4.78, 5) is -0.0289. The predicted octanol–water partition coefficient (Wildman–Crippen LogP) is -0.192. The number of benzene rings is 3. The van der Waals surface area contributed by atoms with Crippen LogP contribution in [0.3, 0.4) is 0 Å². The maximum atomic E-state index is 11.8. The average Bonchev–Trinajstić information content (AvgIpc) is 2.57. The zero-order valence-corrected chi connectivity index (χ0v) is 16.9. The van der Waals surface area contributed by atoms with E-state index in [4.69, 9.17) is 0 Å². The summed E-state index contributed by atoms with van der Waals surface area (Å²) in [5.41, 5.74) is 0. The zero-order chi connectivity index (χ0) is 16.3. The Morgan fingerprint density at radius 3 is 1.58 bits per heavy atom. The molecule has 3 aromatic carbocycles. The van der Waals surface area contributed by atoms with Crippen LogP contribution in [-0.2, 0) is 10.1 Å². The Kier molecular flexibility index (Phi) is 6.76. The van der Waals surface area contributed by atoms with Gasteiger partial charge in [-0.15, -0.1) is 0 Å². The van der Waals surface area contributed by atoms with Crippen molar-refractivity contribution >= 4 is 34.0 Å². The van der Waals surface area contributed by atoms with Crippen LogP contribution in [0, 0.1) is 0 Å². The van der Waals surface area contributed by atoms with Crippen LogP contribution in [0.2, 0.25) is 0 Å². The first-order valence-electron chi connectivity index (χ1n) is 7.04. The second-order valence-electron chi connectivity index (χ2n) is 4.95. The van der Waals surface area contributed by atoms with Crippen molar-refractivity contribution in [1.82, 2.24) is 0 Å². The molecular weight excluding hydrogens is 350 g/mol. The second kappa shape index (κ2) is 8.39. The summed E-state index contributed by atoms with van der Waals surface area (Å²) in [6.07, 6.45) is 0. The summed E-state index contributed by atoms with van der Waals surface area (Å²) in [5, 5.41) is 2.69. The zero-order valence-electron chi connectivity index (χ0n) is 14.2. The van der Waals surface area contributed by atoms with Crippen molar-refractivity contribution in [1.29, 1.82) is 0 Å². The molecule has 0 spiro atoms. The average molecular weight is 366 g/mol. The molecule has 118 valence electrons. The van der Waals surface area contributed by atoms with Gasteiger partial charge in [-0.1, -0.05) is 78.9 Å². The first kappa shape index (κ1) is 19.3. The molecule has 0 saturated heterocycles. The Bertz CT molecular complexity index is 866. The largest absolute Gasteiger partial charge is 1.00 e. The monoisotopic (exact) mass is 366 g/mol. The quantitative estimate of drug-likeness (QED) is 0.396. The molecule has 0 radical (unpaired) electrons. The summed E-state index contributed by atoms with van der Waals surface area (Å²) in [6, 6.07) is 26.2. The van der Waals surface area contributed by atoms with Gasteiger partial charge in [-0.05, 0) is 24.6 Å². The van der Waals surface area contributed by atoms with Gasteiger partial charge in [0.15, 0.2) is 0 Å². The van der Waals surface area contributed by atoms with Crippen LogP contribution in [0.25, 0.3) is 0 Å². The molecule has 3 aromatic rings. The molecule has 0 fully saturated rings. The first-order valence-corrected chi connectivity index (χ1v) is 9.82. The summed E-state index contributed by atoms with van der Waals surface area (Å²) >= 11 is 0. The molecule has 0 aliphatic rings. The standard InChI is InChI=1S/C18H15O3PS.Na.H/c19-23(20,21)18-14-8-7-13-17(18)22(15-9-3-1-4-10-15)16-11-5-2-6-12-16;;/h1-14H,(H,19,20,21);;/q;+1;-1. The molecule has 0 atom stereocenters. The Hall–Kier alpha value is -1.000. The summed E-state index contributed by atoms with van der Waals surface area (Å²) in [5.74, 6) is 0. The normalized spacial score (nSPS) is 11.1. The topological polar surface area (TPSA) is 54.4 Å². The first-order chi connectivity index (χ1) is 11.1. The Balaban J connectivity index is 0.00000156. The summed E-state index contributed by atoms with van der Waals surface area (Å²) in [7, 11) is -5.35. The molecule has 6 heteroatoms. The van der Waals surface area contributed by atoms with Crippen LogP contribution in [0.15, 0.2) is 89.8 Å². The van der Waals surface area contributed by atoms with Crippen LogP contribution in [0.4, 0.5) is 0 Å². The molecule has 3 rings (SSSR count). The predicted molar refractivity (Wildman–Crippen MR) is 96.1 cm³/mol. The Morgan fingerprint density at radius 2 is 1.12 bits per heavy atom. The van der Waals surface area contributed by atoms with E-state index in [-0.39, 0.29) is 35.9 Å².